The van der Waals surface area contributed by atoms with Crippen molar-refractivity contribution in [3.8, 4) is 0 Å². The van der Waals surface area contributed by atoms with Gasteiger partial charge in [0.25, 0.3) is 0 Å². The second kappa shape index (κ2) is 8.86. The highest BCUT2D eigenvalue weighted by Gasteiger charge is 2.27. The molecule has 0 aromatic carbocycles. The van der Waals surface area contributed by atoms with Gasteiger partial charge < -0.3 is 14.8 Å². The Labute approximate surface area is 112 Å². The van der Waals surface area contributed by atoms with Gasteiger partial charge in [-0.3, -0.25) is 4.90 Å². The van der Waals surface area contributed by atoms with E-state index in [0.29, 0.717) is 31.2 Å². The summed E-state index contributed by atoms with van der Waals surface area (Å²) in [7, 11) is 1.71. The van der Waals surface area contributed by atoms with Gasteiger partial charge in [0.1, 0.15) is 0 Å². The lowest BCUT2D eigenvalue weighted by Gasteiger charge is -2.41. The summed E-state index contributed by atoms with van der Waals surface area (Å²) in [6, 6.07) is 1.28. The van der Waals surface area contributed by atoms with Gasteiger partial charge in [-0.15, -0.1) is 0 Å². The summed E-state index contributed by atoms with van der Waals surface area (Å²) in [6.45, 7) is 12.3. The van der Waals surface area contributed by atoms with Gasteiger partial charge in [0.15, 0.2) is 0 Å². The molecule has 0 aromatic heterocycles. The average Bonchev–Trinajstić information content (AvgIpc) is 2.38. The van der Waals surface area contributed by atoms with Crippen LogP contribution in [0.15, 0.2) is 0 Å². The third-order valence-corrected chi connectivity index (χ3v) is 3.79. The zero-order chi connectivity index (χ0) is 13.4. The Kier molecular flexibility index (Phi) is 7.82. The third-order valence-electron chi connectivity index (χ3n) is 3.79. The molecule has 0 aliphatic carbocycles. The van der Waals surface area contributed by atoms with E-state index in [1.165, 1.54) is 6.42 Å². The Bertz CT molecular complexity index is 212. The first kappa shape index (κ1) is 15.9. The standard InChI is InChI=1S/C14H30N2O2/c1-5-13-10-15-14(12(2)3)11-16(13)6-7-18-9-8-17-4/h12-15H,5-11H2,1-4H3. The average molecular weight is 258 g/mol. The number of rotatable bonds is 8. The molecule has 0 aromatic rings. The summed E-state index contributed by atoms with van der Waals surface area (Å²) < 4.78 is 10.6. The molecule has 18 heavy (non-hydrogen) atoms. The van der Waals surface area contributed by atoms with Gasteiger partial charge in [-0.05, 0) is 12.3 Å². The van der Waals surface area contributed by atoms with Crippen LogP contribution in [0.4, 0.5) is 0 Å². The highest BCUT2D eigenvalue weighted by molar-refractivity contribution is 4.86. The molecule has 4 nitrogen and oxygen atoms in total. The summed E-state index contributed by atoms with van der Waals surface area (Å²) in [5, 5.41) is 3.66. The zero-order valence-electron chi connectivity index (χ0n) is 12.4. The molecule has 4 heteroatoms. The lowest BCUT2D eigenvalue weighted by atomic mass is 9.98. The first-order valence-electron chi connectivity index (χ1n) is 7.23. The molecule has 1 aliphatic rings. The maximum absolute atomic E-state index is 5.58. The Morgan fingerprint density at radius 3 is 2.67 bits per heavy atom. The topological polar surface area (TPSA) is 33.7 Å². The van der Waals surface area contributed by atoms with Crippen LogP contribution in [0, 0.1) is 5.92 Å². The lowest BCUT2D eigenvalue weighted by Crippen LogP contribution is -2.58. The molecule has 0 bridgehead atoms. The molecule has 1 rings (SSSR count). The van der Waals surface area contributed by atoms with Crippen LogP contribution in [0.25, 0.3) is 0 Å². The van der Waals surface area contributed by atoms with E-state index in [9.17, 15) is 0 Å². The number of hydrogen-bond acceptors (Lipinski definition) is 4. The van der Waals surface area contributed by atoms with Crippen LogP contribution in [0.5, 0.6) is 0 Å². The predicted octanol–water partition coefficient (Wildman–Crippen LogP) is 1.36. The summed E-state index contributed by atoms with van der Waals surface area (Å²) >= 11 is 0. The van der Waals surface area contributed by atoms with Crippen molar-refractivity contribution in [2.24, 2.45) is 5.92 Å². The molecular formula is C14H30N2O2. The number of hydrogen-bond donors (Lipinski definition) is 1. The molecule has 1 fully saturated rings. The zero-order valence-corrected chi connectivity index (χ0v) is 12.4. The first-order chi connectivity index (χ1) is 8.69. The van der Waals surface area contributed by atoms with Crippen molar-refractivity contribution in [1.29, 1.82) is 0 Å². The lowest BCUT2D eigenvalue weighted by molar-refractivity contribution is 0.0353. The maximum atomic E-state index is 5.58. The normalized spacial score (nSPS) is 25.8. The van der Waals surface area contributed by atoms with Crippen LogP contribution in [0.1, 0.15) is 27.2 Å². The monoisotopic (exact) mass is 258 g/mol. The largest absolute Gasteiger partial charge is 0.382 e. The van der Waals surface area contributed by atoms with Crippen molar-refractivity contribution >= 4 is 0 Å². The fourth-order valence-corrected chi connectivity index (χ4v) is 2.43. The van der Waals surface area contributed by atoms with Gasteiger partial charge in [0.05, 0.1) is 19.8 Å². The Balaban J connectivity index is 2.29. The molecule has 2 atom stereocenters. The summed E-state index contributed by atoms with van der Waals surface area (Å²) in [6.07, 6.45) is 1.20. The molecule has 0 saturated carbocycles. The molecule has 1 heterocycles. The summed E-state index contributed by atoms with van der Waals surface area (Å²) in [4.78, 5) is 2.58. The van der Waals surface area contributed by atoms with Gasteiger partial charge in [-0.25, -0.2) is 0 Å². The minimum Gasteiger partial charge on any atom is -0.382 e. The Morgan fingerprint density at radius 2 is 2.06 bits per heavy atom. The van der Waals surface area contributed by atoms with Crippen LogP contribution in [0.3, 0.4) is 0 Å². The molecule has 2 unspecified atom stereocenters. The third kappa shape index (κ3) is 5.22. The van der Waals surface area contributed by atoms with Crippen molar-refractivity contribution in [2.75, 3.05) is 46.6 Å². The quantitative estimate of drug-likeness (QED) is 0.667. The van der Waals surface area contributed by atoms with E-state index >= 15 is 0 Å². The van der Waals surface area contributed by atoms with Crippen molar-refractivity contribution < 1.29 is 9.47 Å². The molecular weight excluding hydrogens is 228 g/mol. The number of ether oxygens (including phenoxy) is 2. The van der Waals surface area contributed by atoms with Gasteiger partial charge >= 0.3 is 0 Å². The minimum absolute atomic E-state index is 0.617. The second-order valence-electron chi connectivity index (χ2n) is 5.42. The van der Waals surface area contributed by atoms with Crippen molar-refractivity contribution in [1.82, 2.24) is 10.2 Å². The SMILES string of the molecule is CCC1CNC(C(C)C)CN1CCOCCOC. The number of nitrogens with zero attached hydrogens (tertiary/aromatic N) is 1. The Morgan fingerprint density at radius 1 is 1.28 bits per heavy atom. The molecule has 0 spiro atoms. The first-order valence-corrected chi connectivity index (χ1v) is 7.23. The van der Waals surface area contributed by atoms with E-state index in [-0.39, 0.29) is 0 Å². The van der Waals surface area contributed by atoms with Crippen molar-refractivity contribution in [3.63, 3.8) is 0 Å². The highest BCUT2D eigenvalue weighted by Crippen LogP contribution is 2.14. The molecule has 0 amide bonds. The van der Waals surface area contributed by atoms with Crippen LogP contribution >= 0.6 is 0 Å². The van der Waals surface area contributed by atoms with Crippen LogP contribution in [0.2, 0.25) is 0 Å². The second-order valence-corrected chi connectivity index (χ2v) is 5.42. The van der Waals surface area contributed by atoms with Gasteiger partial charge in [0, 0.05) is 38.8 Å². The molecule has 1 N–H and O–H groups in total. The van der Waals surface area contributed by atoms with Crippen LogP contribution in [-0.2, 0) is 9.47 Å². The number of piperazine rings is 1. The number of methoxy groups -OCH3 is 1. The van der Waals surface area contributed by atoms with Gasteiger partial charge in [-0.1, -0.05) is 20.8 Å². The minimum atomic E-state index is 0.617. The smallest absolute Gasteiger partial charge is 0.0700 e. The van der Waals surface area contributed by atoms with E-state index in [1.54, 1.807) is 7.11 Å². The van der Waals surface area contributed by atoms with E-state index in [0.717, 1.165) is 26.2 Å². The van der Waals surface area contributed by atoms with Gasteiger partial charge in [-0.2, -0.15) is 0 Å². The van der Waals surface area contributed by atoms with Gasteiger partial charge in [0.2, 0.25) is 0 Å². The molecule has 1 aliphatic heterocycles. The maximum Gasteiger partial charge on any atom is 0.0700 e. The van der Waals surface area contributed by atoms with Crippen LogP contribution < -0.4 is 5.32 Å². The Hall–Kier alpha value is -0.160. The van der Waals surface area contributed by atoms with E-state index < -0.39 is 0 Å². The summed E-state index contributed by atoms with van der Waals surface area (Å²) in [5.41, 5.74) is 0. The van der Waals surface area contributed by atoms with E-state index in [1.807, 2.05) is 0 Å². The summed E-state index contributed by atoms with van der Waals surface area (Å²) in [5.74, 6) is 0.694. The fourth-order valence-electron chi connectivity index (χ4n) is 2.43. The number of nitrogens with one attached hydrogen (secondary N) is 1. The predicted molar refractivity (Wildman–Crippen MR) is 75.0 cm³/mol. The van der Waals surface area contributed by atoms with Crippen molar-refractivity contribution in [2.45, 2.75) is 39.3 Å². The van der Waals surface area contributed by atoms with Crippen molar-refractivity contribution in [3.05, 3.63) is 0 Å². The molecule has 1 saturated heterocycles. The highest BCUT2D eigenvalue weighted by atomic mass is 16.5. The van der Waals surface area contributed by atoms with Crippen LogP contribution in [-0.4, -0.2) is 63.5 Å². The van der Waals surface area contributed by atoms with E-state index in [4.69, 9.17) is 9.47 Å². The molecule has 0 radical (unpaired) electrons. The fraction of sp³-hybridized carbons (Fsp3) is 1.00. The van der Waals surface area contributed by atoms with E-state index in [2.05, 4.69) is 31.0 Å². The molecule has 108 valence electrons.